The summed E-state index contributed by atoms with van der Waals surface area (Å²) in [5.74, 6) is 0.188. The lowest BCUT2D eigenvalue weighted by Crippen LogP contribution is -2.18. The van der Waals surface area contributed by atoms with E-state index in [-0.39, 0.29) is 12.0 Å². The summed E-state index contributed by atoms with van der Waals surface area (Å²) in [6.07, 6.45) is 2.34. The van der Waals surface area contributed by atoms with Crippen LogP contribution in [0.1, 0.15) is 36.8 Å². The summed E-state index contributed by atoms with van der Waals surface area (Å²) in [5, 5.41) is 10.7. The van der Waals surface area contributed by atoms with Gasteiger partial charge in [0.25, 0.3) is 0 Å². The highest BCUT2D eigenvalue weighted by atomic mass is 16.3. The molecule has 2 atom stereocenters. The third kappa shape index (κ3) is 4.58. The topological polar surface area (TPSA) is 20.2 Å². The number of aliphatic hydroxyl groups is 1. The minimum Gasteiger partial charge on any atom is -0.392 e. The molecule has 1 heteroatoms. The molecular weight excluding hydrogens is 304 g/mol. The van der Waals surface area contributed by atoms with Gasteiger partial charge in [-0.15, -0.1) is 0 Å². The Bertz CT molecular complexity index is 747. The second-order valence-electron chi connectivity index (χ2n) is 6.59. The summed E-state index contributed by atoms with van der Waals surface area (Å²) in [6.45, 7) is 2.15. The first kappa shape index (κ1) is 17.4. The second kappa shape index (κ2) is 8.64. The number of hydrogen-bond acceptors (Lipinski definition) is 1. The number of aryl methyl sites for hydroxylation is 1. The van der Waals surface area contributed by atoms with E-state index < -0.39 is 0 Å². The number of hydrogen-bond donors (Lipinski definition) is 1. The zero-order valence-corrected chi connectivity index (χ0v) is 14.8. The van der Waals surface area contributed by atoms with Crippen molar-refractivity contribution in [3.8, 4) is 11.1 Å². The Morgan fingerprint density at radius 1 is 0.720 bits per heavy atom. The maximum atomic E-state index is 10.7. The van der Waals surface area contributed by atoms with Crippen molar-refractivity contribution >= 4 is 0 Å². The normalized spacial score (nSPS) is 13.4. The molecule has 0 aliphatic rings. The van der Waals surface area contributed by atoms with Gasteiger partial charge >= 0.3 is 0 Å². The van der Waals surface area contributed by atoms with Gasteiger partial charge in [-0.2, -0.15) is 0 Å². The fraction of sp³-hybridized carbons (Fsp3) is 0.250. The first-order chi connectivity index (χ1) is 12.3. The Morgan fingerprint density at radius 3 is 1.88 bits per heavy atom. The molecule has 0 spiro atoms. The van der Waals surface area contributed by atoms with Crippen LogP contribution in [0, 0.1) is 0 Å². The summed E-state index contributed by atoms with van der Waals surface area (Å²) in [5.41, 5.74) is 4.96. The van der Waals surface area contributed by atoms with Gasteiger partial charge in [0.1, 0.15) is 0 Å². The molecule has 0 saturated carbocycles. The summed E-state index contributed by atoms with van der Waals surface area (Å²) in [6, 6.07) is 29.5. The molecule has 3 rings (SSSR count). The Balaban J connectivity index is 1.67. The van der Waals surface area contributed by atoms with E-state index in [4.69, 9.17) is 0 Å². The fourth-order valence-electron chi connectivity index (χ4n) is 3.44. The highest BCUT2D eigenvalue weighted by Crippen LogP contribution is 2.28. The summed E-state index contributed by atoms with van der Waals surface area (Å²) in [4.78, 5) is 0. The molecule has 25 heavy (non-hydrogen) atoms. The lowest BCUT2D eigenvalue weighted by atomic mass is 9.87. The highest BCUT2D eigenvalue weighted by Gasteiger charge is 2.19. The van der Waals surface area contributed by atoms with E-state index in [2.05, 4.69) is 79.7 Å². The Kier molecular flexibility index (Phi) is 6.03. The van der Waals surface area contributed by atoms with Crippen molar-refractivity contribution in [3.05, 3.63) is 96.1 Å². The molecule has 0 saturated heterocycles. The van der Waals surface area contributed by atoms with Crippen LogP contribution in [-0.2, 0) is 6.42 Å². The van der Waals surface area contributed by atoms with Crippen molar-refractivity contribution < 1.29 is 5.11 Å². The summed E-state index contributed by atoms with van der Waals surface area (Å²) < 4.78 is 0. The third-order valence-corrected chi connectivity index (χ3v) is 4.92. The zero-order chi connectivity index (χ0) is 17.5. The van der Waals surface area contributed by atoms with Gasteiger partial charge in [-0.05, 0) is 41.5 Å². The van der Waals surface area contributed by atoms with Gasteiger partial charge in [0.2, 0.25) is 0 Å². The zero-order valence-electron chi connectivity index (χ0n) is 14.8. The number of benzene rings is 3. The molecule has 0 heterocycles. The molecule has 1 nitrogen and oxygen atoms in total. The van der Waals surface area contributed by atoms with E-state index in [0.717, 1.165) is 19.3 Å². The fourth-order valence-corrected chi connectivity index (χ4v) is 3.44. The first-order valence-electron chi connectivity index (χ1n) is 9.15. The van der Waals surface area contributed by atoms with Crippen molar-refractivity contribution in [2.45, 2.75) is 38.2 Å². The summed E-state index contributed by atoms with van der Waals surface area (Å²) in [7, 11) is 0. The van der Waals surface area contributed by atoms with Crippen molar-refractivity contribution in [1.82, 2.24) is 0 Å². The van der Waals surface area contributed by atoms with Crippen LogP contribution in [-0.4, -0.2) is 11.2 Å². The van der Waals surface area contributed by atoms with Crippen LogP contribution in [0.4, 0.5) is 0 Å². The molecule has 3 aromatic rings. The molecule has 3 aromatic carbocycles. The minimum absolute atomic E-state index is 0.188. The molecule has 0 aromatic heterocycles. The molecule has 0 amide bonds. The predicted molar refractivity (Wildman–Crippen MR) is 106 cm³/mol. The Hall–Kier alpha value is -2.38. The monoisotopic (exact) mass is 330 g/mol. The average molecular weight is 330 g/mol. The number of aliphatic hydroxyl groups excluding tert-OH is 1. The van der Waals surface area contributed by atoms with Crippen LogP contribution in [0.2, 0.25) is 0 Å². The van der Waals surface area contributed by atoms with Gasteiger partial charge in [-0.3, -0.25) is 0 Å². The molecule has 0 fully saturated rings. The maximum absolute atomic E-state index is 10.7. The maximum Gasteiger partial charge on any atom is 0.0611 e. The van der Waals surface area contributed by atoms with E-state index in [1.807, 2.05) is 12.1 Å². The molecule has 2 unspecified atom stereocenters. The van der Waals surface area contributed by atoms with Gasteiger partial charge in [0.15, 0.2) is 0 Å². The number of rotatable bonds is 7. The lowest BCUT2D eigenvalue weighted by Gasteiger charge is -2.22. The van der Waals surface area contributed by atoms with E-state index in [1.165, 1.54) is 22.3 Å². The molecule has 0 bridgehead atoms. The van der Waals surface area contributed by atoms with Crippen LogP contribution in [0.5, 0.6) is 0 Å². The van der Waals surface area contributed by atoms with Crippen molar-refractivity contribution in [3.63, 3.8) is 0 Å². The molecule has 0 aliphatic carbocycles. The van der Waals surface area contributed by atoms with E-state index >= 15 is 0 Å². The van der Waals surface area contributed by atoms with Gasteiger partial charge in [0.05, 0.1) is 6.10 Å². The SMILES string of the molecule is CCC(c1ccc(-c2ccccc2)cc1)C(O)CCc1ccccc1. The van der Waals surface area contributed by atoms with Crippen molar-refractivity contribution in [2.75, 3.05) is 0 Å². The standard InChI is InChI=1S/C24H26O/c1-2-23(24(25)18-13-19-9-5-3-6-10-19)22-16-14-21(15-17-22)20-11-7-4-8-12-20/h3-12,14-17,23-25H,2,13,18H2,1H3. The van der Waals surface area contributed by atoms with Gasteiger partial charge in [0, 0.05) is 5.92 Å². The smallest absolute Gasteiger partial charge is 0.0611 e. The van der Waals surface area contributed by atoms with Gasteiger partial charge < -0.3 is 5.11 Å². The van der Waals surface area contributed by atoms with E-state index in [1.54, 1.807) is 0 Å². The summed E-state index contributed by atoms with van der Waals surface area (Å²) >= 11 is 0. The first-order valence-corrected chi connectivity index (χ1v) is 9.15. The van der Waals surface area contributed by atoms with Crippen LogP contribution in [0.25, 0.3) is 11.1 Å². The van der Waals surface area contributed by atoms with Gasteiger partial charge in [-0.25, -0.2) is 0 Å². The van der Waals surface area contributed by atoms with Crippen LogP contribution in [0.3, 0.4) is 0 Å². The molecule has 128 valence electrons. The Morgan fingerprint density at radius 2 is 1.28 bits per heavy atom. The lowest BCUT2D eigenvalue weighted by molar-refractivity contribution is 0.131. The quantitative estimate of drug-likeness (QED) is 0.577. The van der Waals surface area contributed by atoms with Crippen molar-refractivity contribution in [2.24, 2.45) is 0 Å². The minimum atomic E-state index is -0.312. The molecular formula is C24H26O. The van der Waals surface area contributed by atoms with Crippen LogP contribution >= 0.6 is 0 Å². The second-order valence-corrected chi connectivity index (χ2v) is 6.59. The molecule has 0 aliphatic heterocycles. The van der Waals surface area contributed by atoms with E-state index in [9.17, 15) is 5.11 Å². The van der Waals surface area contributed by atoms with Gasteiger partial charge in [-0.1, -0.05) is 91.9 Å². The largest absolute Gasteiger partial charge is 0.392 e. The third-order valence-electron chi connectivity index (χ3n) is 4.92. The molecule has 0 radical (unpaired) electrons. The molecule has 1 N–H and O–H groups in total. The Labute approximate surface area is 151 Å². The van der Waals surface area contributed by atoms with Crippen LogP contribution in [0.15, 0.2) is 84.9 Å². The van der Waals surface area contributed by atoms with E-state index in [0.29, 0.717) is 0 Å². The van der Waals surface area contributed by atoms with Crippen molar-refractivity contribution in [1.29, 1.82) is 0 Å². The highest BCUT2D eigenvalue weighted by molar-refractivity contribution is 5.63. The van der Waals surface area contributed by atoms with Crippen LogP contribution < -0.4 is 0 Å². The average Bonchev–Trinajstić information content (AvgIpc) is 2.69. The predicted octanol–water partition coefficient (Wildman–Crippen LogP) is 5.84.